The summed E-state index contributed by atoms with van der Waals surface area (Å²) in [6, 6.07) is 20.6. The third-order valence-corrected chi connectivity index (χ3v) is 8.59. The third-order valence-electron chi connectivity index (χ3n) is 7.02. The molecule has 0 N–H and O–H groups in total. The van der Waals surface area contributed by atoms with Gasteiger partial charge in [0.2, 0.25) is 0 Å². The van der Waals surface area contributed by atoms with Gasteiger partial charge in [0.05, 0.1) is 35.0 Å². The van der Waals surface area contributed by atoms with Crippen LogP contribution in [0.25, 0.3) is 11.8 Å². The highest BCUT2D eigenvalue weighted by atomic mass is 79.9. The minimum absolute atomic E-state index is 0.0364. The van der Waals surface area contributed by atoms with E-state index in [0.29, 0.717) is 16.0 Å². The summed E-state index contributed by atoms with van der Waals surface area (Å²) in [6.45, 7) is 2.08. The van der Waals surface area contributed by atoms with Crippen molar-refractivity contribution in [3.8, 4) is 11.5 Å². The molecule has 0 fully saturated rings. The third kappa shape index (κ3) is 4.06. The Balaban J connectivity index is 1.59. The van der Waals surface area contributed by atoms with Crippen LogP contribution in [0.4, 0.5) is 0 Å². The molecule has 1 aliphatic heterocycles. The van der Waals surface area contributed by atoms with Crippen molar-refractivity contribution < 1.29 is 9.47 Å². The lowest BCUT2D eigenvalue weighted by Gasteiger charge is -2.30. The zero-order valence-corrected chi connectivity index (χ0v) is 23.2. The number of benzene rings is 3. The predicted octanol–water partition coefficient (Wildman–Crippen LogP) is 5.41. The number of aryl methyl sites for hydroxylation is 2. The molecule has 3 aromatic carbocycles. The number of nitrogens with zero attached hydrogens (tertiary/aromatic N) is 2. The zero-order chi connectivity index (χ0) is 25.7. The van der Waals surface area contributed by atoms with Crippen LogP contribution in [0.1, 0.15) is 40.3 Å². The number of allylic oxidation sites excluding steroid dienone is 1. The lowest BCUT2D eigenvalue weighted by atomic mass is 9.83. The van der Waals surface area contributed by atoms with Crippen molar-refractivity contribution in [2.75, 3.05) is 14.2 Å². The lowest BCUT2D eigenvalue weighted by Crippen LogP contribution is -2.38. The van der Waals surface area contributed by atoms with Crippen molar-refractivity contribution in [3.63, 3.8) is 0 Å². The normalized spacial score (nSPS) is 16.5. The smallest absolute Gasteiger partial charge is 0.271 e. The van der Waals surface area contributed by atoms with Crippen LogP contribution in [0.3, 0.4) is 0 Å². The Bertz CT molecular complexity index is 1750. The molecule has 1 unspecified atom stereocenters. The highest BCUT2D eigenvalue weighted by Crippen LogP contribution is 2.41. The summed E-state index contributed by atoms with van der Waals surface area (Å²) in [5.74, 6) is 1.22. The fourth-order valence-corrected chi connectivity index (χ4v) is 6.87. The summed E-state index contributed by atoms with van der Waals surface area (Å²) in [5.41, 5.74) is 7.79. The van der Waals surface area contributed by atoms with Gasteiger partial charge in [-0.1, -0.05) is 65.4 Å². The number of hydrogen-bond donors (Lipinski definition) is 0. The molecule has 0 bridgehead atoms. The molecule has 6 rings (SSSR count). The van der Waals surface area contributed by atoms with E-state index in [1.165, 1.54) is 33.6 Å². The number of ether oxygens (including phenoxy) is 2. The highest BCUT2D eigenvalue weighted by molar-refractivity contribution is 9.10. The van der Waals surface area contributed by atoms with Crippen LogP contribution in [0.2, 0.25) is 0 Å². The molecule has 2 aliphatic rings. The maximum Gasteiger partial charge on any atom is 0.271 e. The van der Waals surface area contributed by atoms with Gasteiger partial charge >= 0.3 is 0 Å². The first-order valence-electron chi connectivity index (χ1n) is 12.1. The van der Waals surface area contributed by atoms with E-state index in [1.54, 1.807) is 14.2 Å². The molecule has 0 saturated carbocycles. The summed E-state index contributed by atoms with van der Waals surface area (Å²) < 4.78 is 14.2. The van der Waals surface area contributed by atoms with Gasteiger partial charge in [-0.2, -0.15) is 0 Å². The molecule has 0 radical (unpaired) electrons. The van der Waals surface area contributed by atoms with Crippen LogP contribution in [0, 0.1) is 6.92 Å². The van der Waals surface area contributed by atoms with E-state index in [0.717, 1.165) is 38.9 Å². The lowest BCUT2D eigenvalue weighted by molar-refractivity contribution is 0.353. The van der Waals surface area contributed by atoms with Gasteiger partial charge in [0, 0.05) is 5.56 Å². The second-order valence-electron chi connectivity index (χ2n) is 9.26. The molecule has 186 valence electrons. The first-order valence-corrected chi connectivity index (χ1v) is 13.7. The van der Waals surface area contributed by atoms with Gasteiger partial charge < -0.3 is 9.47 Å². The summed E-state index contributed by atoms with van der Waals surface area (Å²) in [7, 11) is 3.21. The molecule has 1 aliphatic carbocycles. The van der Waals surface area contributed by atoms with E-state index >= 15 is 0 Å². The van der Waals surface area contributed by atoms with E-state index in [4.69, 9.17) is 14.5 Å². The number of thiazole rings is 1. The molecule has 1 atom stereocenters. The molecular formula is C30H25BrN2O3S. The molecule has 0 amide bonds. The Hall–Kier alpha value is -3.42. The number of methoxy groups -OCH3 is 2. The van der Waals surface area contributed by atoms with Crippen LogP contribution in [-0.4, -0.2) is 18.8 Å². The number of hydrogen-bond acceptors (Lipinski definition) is 5. The van der Waals surface area contributed by atoms with Gasteiger partial charge in [0.15, 0.2) is 16.3 Å². The molecule has 0 spiro atoms. The molecule has 1 aromatic heterocycles. The van der Waals surface area contributed by atoms with Crippen LogP contribution in [0.5, 0.6) is 11.5 Å². The number of rotatable bonds is 4. The van der Waals surface area contributed by atoms with E-state index in [2.05, 4.69) is 71.4 Å². The van der Waals surface area contributed by atoms with Gasteiger partial charge in [-0.15, -0.1) is 0 Å². The Morgan fingerprint density at radius 1 is 1.05 bits per heavy atom. The van der Waals surface area contributed by atoms with Crippen LogP contribution in [0.15, 0.2) is 80.5 Å². The fourth-order valence-electron chi connectivity index (χ4n) is 5.24. The number of aromatic nitrogens is 1. The quantitative estimate of drug-likeness (QED) is 0.328. The van der Waals surface area contributed by atoms with Gasteiger partial charge in [-0.25, -0.2) is 4.99 Å². The van der Waals surface area contributed by atoms with Crippen molar-refractivity contribution in [1.29, 1.82) is 0 Å². The molecule has 2 heterocycles. The van der Waals surface area contributed by atoms with E-state index < -0.39 is 0 Å². The average molecular weight is 574 g/mol. The topological polar surface area (TPSA) is 52.8 Å². The zero-order valence-electron chi connectivity index (χ0n) is 20.7. The fraction of sp³-hybridized carbons (Fsp3) is 0.200. The summed E-state index contributed by atoms with van der Waals surface area (Å²) >= 11 is 4.99. The molecule has 5 nitrogen and oxygen atoms in total. The number of fused-ring (bicyclic) bond motifs is 3. The number of halogens is 1. The van der Waals surface area contributed by atoms with E-state index in [1.807, 2.05) is 22.8 Å². The second kappa shape index (κ2) is 9.47. The Morgan fingerprint density at radius 3 is 2.59 bits per heavy atom. The molecular weight excluding hydrogens is 548 g/mol. The summed E-state index contributed by atoms with van der Waals surface area (Å²) in [6.07, 6.45) is 3.72. The molecule has 4 aromatic rings. The van der Waals surface area contributed by atoms with Gasteiger partial charge in [-0.3, -0.25) is 9.36 Å². The average Bonchev–Trinajstić information content (AvgIpc) is 3.21. The van der Waals surface area contributed by atoms with Crippen molar-refractivity contribution in [1.82, 2.24) is 4.57 Å². The van der Waals surface area contributed by atoms with Crippen LogP contribution < -0.4 is 24.4 Å². The van der Waals surface area contributed by atoms with E-state index in [9.17, 15) is 4.79 Å². The highest BCUT2D eigenvalue weighted by Gasteiger charge is 2.32. The van der Waals surface area contributed by atoms with Gasteiger partial charge in [-0.05, 0) is 76.2 Å². The van der Waals surface area contributed by atoms with Crippen molar-refractivity contribution >= 4 is 39.0 Å². The second-order valence-corrected chi connectivity index (χ2v) is 11.1. The summed E-state index contributed by atoms with van der Waals surface area (Å²) in [4.78, 5) is 19.8. The van der Waals surface area contributed by atoms with Gasteiger partial charge in [0.25, 0.3) is 5.56 Å². The van der Waals surface area contributed by atoms with Crippen molar-refractivity contribution in [2.45, 2.75) is 25.8 Å². The van der Waals surface area contributed by atoms with Crippen LogP contribution in [-0.2, 0) is 6.42 Å². The molecule has 0 saturated heterocycles. The van der Waals surface area contributed by atoms with Crippen LogP contribution >= 0.6 is 27.3 Å². The van der Waals surface area contributed by atoms with E-state index in [-0.39, 0.29) is 11.6 Å². The summed E-state index contributed by atoms with van der Waals surface area (Å²) in [5, 5.41) is 0. The SMILES string of the molecule is COc1cc(C=c2sc3n(c2=O)C(c2ccc(C)cc2)C2=C(N=3)c3ccccc3CC2)cc(Br)c1OC. The minimum Gasteiger partial charge on any atom is -0.493 e. The molecule has 7 heteroatoms. The van der Waals surface area contributed by atoms with Crippen molar-refractivity contribution in [3.05, 3.63) is 118 Å². The first kappa shape index (κ1) is 23.9. The minimum atomic E-state index is -0.181. The van der Waals surface area contributed by atoms with Gasteiger partial charge in [0.1, 0.15) is 0 Å². The largest absolute Gasteiger partial charge is 0.493 e. The Labute approximate surface area is 227 Å². The monoisotopic (exact) mass is 572 g/mol. The first-order chi connectivity index (χ1) is 18.0. The van der Waals surface area contributed by atoms with Crippen molar-refractivity contribution in [2.24, 2.45) is 4.99 Å². The maximum atomic E-state index is 13.9. The predicted molar refractivity (Wildman–Crippen MR) is 151 cm³/mol. The Morgan fingerprint density at radius 2 is 1.84 bits per heavy atom. The Kier molecular flexibility index (Phi) is 6.13. The molecule has 37 heavy (non-hydrogen) atoms. The standard InChI is InChI=1S/C30H25BrN2O3S/c1-17-8-10-20(11-9-17)27-22-13-12-19-6-4-5-7-21(19)26(22)32-30-33(27)29(34)25(37-30)16-18-14-23(31)28(36-3)24(15-18)35-2/h4-11,14-16,27H,12-13H2,1-3H3. The maximum absolute atomic E-state index is 13.9.